The Labute approximate surface area is 126 Å². The van der Waals surface area contributed by atoms with E-state index in [1.165, 1.54) is 11.1 Å². The van der Waals surface area contributed by atoms with Crippen molar-refractivity contribution in [2.45, 2.75) is 26.7 Å². The van der Waals surface area contributed by atoms with Crippen molar-refractivity contribution in [2.24, 2.45) is 5.73 Å². The molecule has 0 unspecified atom stereocenters. The van der Waals surface area contributed by atoms with E-state index in [2.05, 4.69) is 31.2 Å². The smallest absolute Gasteiger partial charge is 0.169 e. The maximum absolute atomic E-state index is 6.05. The molecule has 0 bridgehead atoms. The third-order valence-electron chi connectivity index (χ3n) is 3.54. The van der Waals surface area contributed by atoms with Crippen LogP contribution in [0, 0.1) is 6.92 Å². The molecule has 0 aromatic heterocycles. The molecule has 0 saturated heterocycles. The summed E-state index contributed by atoms with van der Waals surface area (Å²) in [5.74, 6) is 2.35. The third-order valence-corrected chi connectivity index (χ3v) is 3.54. The van der Waals surface area contributed by atoms with E-state index in [1.54, 1.807) is 7.11 Å². The predicted molar refractivity (Wildman–Crippen MR) is 86.4 cm³/mol. The molecule has 3 heteroatoms. The maximum Gasteiger partial charge on any atom is 0.169 e. The Morgan fingerprint density at radius 3 is 2.33 bits per heavy atom. The van der Waals surface area contributed by atoms with Gasteiger partial charge in [0.05, 0.1) is 7.11 Å². The summed E-state index contributed by atoms with van der Waals surface area (Å²) >= 11 is 0. The average Bonchev–Trinajstić information content (AvgIpc) is 2.51. The van der Waals surface area contributed by atoms with Gasteiger partial charge in [-0.05, 0) is 61.2 Å². The van der Waals surface area contributed by atoms with Gasteiger partial charge in [0.15, 0.2) is 11.5 Å². The number of aryl methyl sites for hydroxylation is 2. The van der Waals surface area contributed by atoms with Crippen molar-refractivity contribution in [3.05, 3.63) is 53.1 Å². The van der Waals surface area contributed by atoms with Crippen LogP contribution in [0.25, 0.3) is 0 Å². The minimum Gasteiger partial charge on any atom is -0.493 e. The molecule has 2 aromatic rings. The van der Waals surface area contributed by atoms with Crippen LogP contribution in [0.15, 0.2) is 36.4 Å². The first kappa shape index (κ1) is 15.4. The predicted octanol–water partition coefficient (Wildman–Crippen LogP) is 3.86. The second-order valence-corrected chi connectivity index (χ2v) is 5.08. The number of benzene rings is 2. The molecule has 2 aromatic carbocycles. The van der Waals surface area contributed by atoms with Gasteiger partial charge < -0.3 is 15.2 Å². The lowest BCUT2D eigenvalue weighted by Crippen LogP contribution is -2.03. The molecule has 0 heterocycles. The van der Waals surface area contributed by atoms with Gasteiger partial charge in [-0.15, -0.1) is 0 Å². The van der Waals surface area contributed by atoms with Gasteiger partial charge in [-0.25, -0.2) is 0 Å². The van der Waals surface area contributed by atoms with Gasteiger partial charge in [0, 0.05) is 0 Å². The molecular formula is C18H23NO2. The molecular weight excluding hydrogens is 262 g/mol. The molecule has 0 radical (unpaired) electrons. The van der Waals surface area contributed by atoms with E-state index in [1.807, 2.05) is 19.1 Å². The summed E-state index contributed by atoms with van der Waals surface area (Å²) in [5.41, 5.74) is 9.12. The second kappa shape index (κ2) is 7.14. The van der Waals surface area contributed by atoms with Crippen LogP contribution in [0.3, 0.4) is 0 Å². The highest BCUT2D eigenvalue weighted by Gasteiger charge is 2.09. The molecule has 0 spiro atoms. The number of rotatable bonds is 6. The van der Waals surface area contributed by atoms with E-state index in [0.29, 0.717) is 6.54 Å². The Balaban J connectivity index is 2.31. The molecule has 3 nitrogen and oxygen atoms in total. The van der Waals surface area contributed by atoms with E-state index in [9.17, 15) is 0 Å². The summed E-state index contributed by atoms with van der Waals surface area (Å²) < 4.78 is 11.5. The first-order chi connectivity index (χ1) is 10.2. The van der Waals surface area contributed by atoms with Crippen molar-refractivity contribution >= 4 is 0 Å². The Morgan fingerprint density at radius 2 is 1.67 bits per heavy atom. The van der Waals surface area contributed by atoms with Crippen LogP contribution < -0.4 is 15.2 Å². The third kappa shape index (κ3) is 3.76. The molecule has 21 heavy (non-hydrogen) atoms. The Bertz CT molecular complexity index is 608. The summed E-state index contributed by atoms with van der Waals surface area (Å²) in [5, 5.41) is 0. The molecule has 112 valence electrons. The first-order valence-electron chi connectivity index (χ1n) is 7.32. The standard InChI is InChI=1S/C18H23NO2/c1-4-14-7-8-16(18(11-14)20-3)21-17-12-15(9-10-19)6-5-13(17)2/h5-8,11-12H,4,9-10,19H2,1-3H3. The van der Waals surface area contributed by atoms with Crippen molar-refractivity contribution in [1.29, 1.82) is 0 Å². The number of hydrogen-bond acceptors (Lipinski definition) is 3. The zero-order valence-corrected chi connectivity index (χ0v) is 13.0. The van der Waals surface area contributed by atoms with E-state index in [-0.39, 0.29) is 0 Å². The van der Waals surface area contributed by atoms with Gasteiger partial charge in [0.2, 0.25) is 0 Å². The Hall–Kier alpha value is -2.00. The average molecular weight is 285 g/mol. The van der Waals surface area contributed by atoms with Crippen LogP contribution >= 0.6 is 0 Å². The minimum absolute atomic E-state index is 0.636. The van der Waals surface area contributed by atoms with Gasteiger partial charge in [-0.2, -0.15) is 0 Å². The summed E-state index contributed by atoms with van der Waals surface area (Å²) in [4.78, 5) is 0. The van der Waals surface area contributed by atoms with Crippen molar-refractivity contribution in [2.75, 3.05) is 13.7 Å². The zero-order chi connectivity index (χ0) is 15.2. The van der Waals surface area contributed by atoms with E-state index >= 15 is 0 Å². The van der Waals surface area contributed by atoms with Gasteiger partial charge in [0.25, 0.3) is 0 Å². The molecule has 2 rings (SSSR count). The SMILES string of the molecule is CCc1ccc(Oc2cc(CCN)ccc2C)c(OC)c1. The monoisotopic (exact) mass is 285 g/mol. The van der Waals surface area contributed by atoms with Crippen LogP contribution in [0.2, 0.25) is 0 Å². The van der Waals surface area contributed by atoms with Crippen LogP contribution in [-0.4, -0.2) is 13.7 Å². The van der Waals surface area contributed by atoms with E-state index in [0.717, 1.165) is 35.7 Å². The minimum atomic E-state index is 0.636. The van der Waals surface area contributed by atoms with Crippen LogP contribution in [-0.2, 0) is 12.8 Å². The Morgan fingerprint density at radius 1 is 0.952 bits per heavy atom. The molecule has 0 aliphatic carbocycles. The van der Waals surface area contributed by atoms with Gasteiger partial charge in [-0.3, -0.25) is 0 Å². The highest BCUT2D eigenvalue weighted by atomic mass is 16.5. The quantitative estimate of drug-likeness (QED) is 0.876. The van der Waals surface area contributed by atoms with Gasteiger partial charge in [-0.1, -0.05) is 25.1 Å². The lowest BCUT2D eigenvalue weighted by molar-refractivity contribution is 0.377. The summed E-state index contributed by atoms with van der Waals surface area (Å²) in [6, 6.07) is 12.3. The fraction of sp³-hybridized carbons (Fsp3) is 0.333. The number of ether oxygens (including phenoxy) is 2. The highest BCUT2D eigenvalue weighted by molar-refractivity contribution is 5.47. The first-order valence-corrected chi connectivity index (χ1v) is 7.32. The number of nitrogens with two attached hydrogens (primary N) is 1. The number of methoxy groups -OCH3 is 1. The molecule has 0 atom stereocenters. The van der Waals surface area contributed by atoms with E-state index < -0.39 is 0 Å². The van der Waals surface area contributed by atoms with Crippen LogP contribution in [0.4, 0.5) is 0 Å². The summed E-state index contributed by atoms with van der Waals surface area (Å²) in [6.07, 6.45) is 1.82. The molecule has 0 saturated carbocycles. The van der Waals surface area contributed by atoms with Gasteiger partial charge >= 0.3 is 0 Å². The van der Waals surface area contributed by atoms with Gasteiger partial charge in [0.1, 0.15) is 5.75 Å². The normalized spacial score (nSPS) is 10.5. The largest absolute Gasteiger partial charge is 0.493 e. The second-order valence-electron chi connectivity index (χ2n) is 5.08. The molecule has 2 N–H and O–H groups in total. The maximum atomic E-state index is 6.05. The van der Waals surface area contributed by atoms with Crippen molar-refractivity contribution in [1.82, 2.24) is 0 Å². The summed E-state index contributed by atoms with van der Waals surface area (Å²) in [6.45, 7) is 4.79. The molecule has 0 fully saturated rings. The Kier molecular flexibility index (Phi) is 5.23. The van der Waals surface area contributed by atoms with Crippen molar-refractivity contribution in [3.8, 4) is 17.2 Å². The van der Waals surface area contributed by atoms with Crippen LogP contribution in [0.5, 0.6) is 17.2 Å². The highest BCUT2D eigenvalue weighted by Crippen LogP contribution is 2.34. The topological polar surface area (TPSA) is 44.5 Å². The lowest BCUT2D eigenvalue weighted by Gasteiger charge is -2.14. The fourth-order valence-electron chi connectivity index (χ4n) is 2.21. The molecule has 0 aliphatic heterocycles. The van der Waals surface area contributed by atoms with Crippen molar-refractivity contribution < 1.29 is 9.47 Å². The van der Waals surface area contributed by atoms with Crippen LogP contribution in [0.1, 0.15) is 23.6 Å². The number of hydrogen-bond donors (Lipinski definition) is 1. The molecule has 0 amide bonds. The van der Waals surface area contributed by atoms with Crippen molar-refractivity contribution in [3.63, 3.8) is 0 Å². The lowest BCUT2D eigenvalue weighted by atomic mass is 10.1. The molecule has 0 aliphatic rings. The summed E-state index contributed by atoms with van der Waals surface area (Å²) in [7, 11) is 1.67. The van der Waals surface area contributed by atoms with E-state index in [4.69, 9.17) is 15.2 Å². The zero-order valence-electron chi connectivity index (χ0n) is 13.0. The fourth-order valence-corrected chi connectivity index (χ4v) is 2.21.